The van der Waals surface area contributed by atoms with Crippen LogP contribution in [0.25, 0.3) is 0 Å². The fourth-order valence-corrected chi connectivity index (χ4v) is 6.92. The van der Waals surface area contributed by atoms with Crippen LogP contribution in [0, 0.1) is 63.7 Å². The van der Waals surface area contributed by atoms with Crippen LogP contribution in [0.5, 0.6) is 0 Å². The van der Waals surface area contributed by atoms with Crippen molar-refractivity contribution in [1.82, 2.24) is 0 Å². The first kappa shape index (κ1) is 31.0. The third-order valence-electron chi connectivity index (χ3n) is 4.52. The van der Waals surface area contributed by atoms with Crippen molar-refractivity contribution in [2.24, 2.45) is 10.2 Å². The molecule has 0 bridgehead atoms. The predicted octanol–water partition coefficient (Wildman–Crippen LogP) is 5.79. The summed E-state index contributed by atoms with van der Waals surface area (Å²) in [5.41, 5.74) is 1.18. The number of hydrogen-bond acceptors (Lipinski definition) is 3. The van der Waals surface area contributed by atoms with Crippen molar-refractivity contribution in [2.75, 3.05) is 0 Å². The number of hydrogen-bond donors (Lipinski definition) is 0. The summed E-state index contributed by atoms with van der Waals surface area (Å²) in [5, 5.41) is 19.9. The molecular weight excluding hydrogens is 554 g/mol. The number of halogens is 1. The van der Waals surface area contributed by atoms with Crippen molar-refractivity contribution >= 4 is 43.0 Å². The summed E-state index contributed by atoms with van der Waals surface area (Å²) in [6.45, 7) is 8.86. The first-order chi connectivity index (χ1) is 14.5. The average Bonchev–Trinajstić information content (AvgIpc) is 3.51. The Bertz CT molecular complexity index is 610. The maximum absolute atomic E-state index is 11.7. The van der Waals surface area contributed by atoms with Gasteiger partial charge in [-0.25, -0.2) is 0 Å². The molecule has 2 aliphatic rings. The van der Waals surface area contributed by atoms with E-state index in [0.29, 0.717) is 16.3 Å². The first-order valence-electron chi connectivity index (χ1n) is 10.3. The molecule has 1 aromatic carbocycles. The van der Waals surface area contributed by atoms with E-state index in [2.05, 4.69) is 31.0 Å². The molecule has 2 saturated carbocycles. The molecule has 31 heavy (non-hydrogen) atoms. The molecule has 0 unspecified atom stereocenters. The van der Waals surface area contributed by atoms with Crippen molar-refractivity contribution in [1.29, 1.82) is 0 Å². The fourth-order valence-electron chi connectivity index (χ4n) is 2.51. The summed E-state index contributed by atoms with van der Waals surface area (Å²) in [7, 11) is 0. The molecule has 164 valence electrons. The minimum Gasteiger partial charge on any atom is -0.0312 e. The van der Waals surface area contributed by atoms with Gasteiger partial charge in [0.1, 0.15) is 0 Å². The van der Waals surface area contributed by atoms with Crippen LogP contribution in [-0.2, 0) is 17.1 Å². The zero-order chi connectivity index (χ0) is 22.2. The van der Waals surface area contributed by atoms with Gasteiger partial charge in [0.15, 0.2) is 0 Å². The van der Waals surface area contributed by atoms with E-state index in [0.717, 1.165) is 5.92 Å². The van der Waals surface area contributed by atoms with Gasteiger partial charge < -0.3 is 5.11 Å². The van der Waals surface area contributed by atoms with Crippen LogP contribution in [0.2, 0.25) is 18.3 Å². The summed E-state index contributed by atoms with van der Waals surface area (Å²) in [6.07, 6.45) is 17.7. The second-order valence-electron chi connectivity index (χ2n) is 6.54. The van der Waals surface area contributed by atoms with Gasteiger partial charge in [-0.2, -0.15) is 10.2 Å². The van der Waals surface area contributed by atoms with Crippen LogP contribution in [0.15, 0.2) is 34.5 Å². The van der Waals surface area contributed by atoms with Crippen molar-refractivity contribution in [3.8, 4) is 0 Å². The third kappa shape index (κ3) is 14.0. The topological polar surface area (TPSA) is 47.8 Å². The predicted molar refractivity (Wildman–Crippen MR) is 130 cm³/mol. The molecule has 0 aromatic heterocycles. The Hall–Kier alpha value is -0.0318. The van der Waals surface area contributed by atoms with Crippen LogP contribution in [0.4, 0.5) is 0 Å². The van der Waals surface area contributed by atoms with Crippen LogP contribution in [0.1, 0.15) is 33.3 Å². The van der Waals surface area contributed by atoms with Crippen molar-refractivity contribution < 1.29 is 22.2 Å². The van der Waals surface area contributed by atoms with E-state index in [1.807, 2.05) is 64.7 Å². The minimum atomic E-state index is -0.653. The quantitative estimate of drug-likeness (QED) is 0.181. The van der Waals surface area contributed by atoms with Crippen molar-refractivity contribution in [2.45, 2.75) is 41.0 Å². The van der Waals surface area contributed by atoms with Crippen LogP contribution in [-0.4, -0.2) is 31.4 Å². The Morgan fingerprint density at radius 3 is 1.65 bits per heavy atom. The third-order valence-corrected chi connectivity index (χ3v) is 13.3. The van der Waals surface area contributed by atoms with E-state index >= 15 is 0 Å². The van der Waals surface area contributed by atoms with Gasteiger partial charge in [0, 0.05) is 22.5 Å². The molecule has 2 fully saturated rings. The van der Waals surface area contributed by atoms with Gasteiger partial charge in [0.05, 0.1) is 0 Å². The van der Waals surface area contributed by atoms with Gasteiger partial charge in [-0.15, -0.1) is 0 Å². The van der Waals surface area contributed by atoms with E-state index in [9.17, 15) is 5.11 Å². The second-order valence-corrected chi connectivity index (χ2v) is 17.3. The van der Waals surface area contributed by atoms with E-state index in [1.165, 1.54) is 0 Å². The zero-order valence-electron chi connectivity index (χ0n) is 18.7. The summed E-state index contributed by atoms with van der Waals surface area (Å²) in [5.74, 6) is 0.584. The largest absolute Gasteiger partial charge is 2.00 e. The fraction of sp³-hybridized carbons (Fsp3) is 0.280. The Kier molecular flexibility index (Phi) is 19.4. The maximum Gasteiger partial charge on any atom is 2.00 e. The van der Waals surface area contributed by atoms with Gasteiger partial charge in [0.25, 0.3) is 0 Å². The van der Waals surface area contributed by atoms with E-state index in [1.54, 1.807) is 37.6 Å². The van der Waals surface area contributed by atoms with E-state index < -0.39 is 19.8 Å². The molecule has 2 aliphatic carbocycles. The molecule has 0 heterocycles. The maximum atomic E-state index is 11.7. The monoisotopic (exact) mass is 586 g/mol. The molecule has 1 aromatic rings. The molecule has 3 rings (SSSR count). The summed E-state index contributed by atoms with van der Waals surface area (Å²) >= 11 is 5.09. The van der Waals surface area contributed by atoms with E-state index in [-0.39, 0.29) is 23.0 Å². The van der Waals surface area contributed by atoms with Gasteiger partial charge in [0.2, 0.25) is 0 Å². The van der Waals surface area contributed by atoms with Gasteiger partial charge >= 0.3 is 70.9 Å². The minimum absolute atomic E-state index is 0. The molecular formula is C25H31ClFeN2OSn+2. The molecule has 0 N–H and O–H groups in total. The first-order valence-corrected chi connectivity index (χ1v) is 16.7. The zero-order valence-corrected chi connectivity index (χ0v) is 23.4. The van der Waals surface area contributed by atoms with Crippen LogP contribution < -0.4 is 5.11 Å². The second kappa shape index (κ2) is 19.4. The Balaban J connectivity index is 0.000000571. The Morgan fingerprint density at radius 1 is 0.806 bits per heavy atom. The molecule has 0 aliphatic heterocycles. The van der Waals surface area contributed by atoms with Gasteiger partial charge in [-0.3, -0.25) is 0 Å². The molecule has 6 heteroatoms. The molecule has 3 nitrogen and oxygen atoms in total. The smallest absolute Gasteiger partial charge is 0.0312 e. The normalized spacial score (nSPS) is 16.5. The van der Waals surface area contributed by atoms with Crippen molar-refractivity contribution in [3.63, 3.8) is 0 Å². The van der Waals surface area contributed by atoms with Crippen LogP contribution >= 0.6 is 11.6 Å². The summed E-state index contributed by atoms with van der Waals surface area (Å²) < 4.78 is 4.65. The Labute approximate surface area is 213 Å². The van der Waals surface area contributed by atoms with Gasteiger partial charge in [-0.1, -0.05) is 23.7 Å². The molecule has 0 atom stereocenters. The number of rotatable bonds is 6. The number of benzene rings is 1. The van der Waals surface area contributed by atoms with Crippen LogP contribution in [0.3, 0.4) is 0 Å². The summed E-state index contributed by atoms with van der Waals surface area (Å²) in [6, 6.07) is 6.55. The number of nitrogens with zero attached hydrogens (tertiary/aromatic N) is 2. The molecule has 0 amide bonds. The SMILES string of the molecule is C/C(=N/N=C(\[O-])c1ccc(Cl)cc1)[C]1[CH][CH][CH][CH]1.C[CH2][Sn+]([CH2]C)[CH2]C.[CH]1[CH][CH][CH][CH]1.[Fe+2]. The molecule has 0 spiro atoms. The van der Waals surface area contributed by atoms with E-state index in [4.69, 9.17) is 11.6 Å². The summed E-state index contributed by atoms with van der Waals surface area (Å²) in [4.78, 5) is 0. The van der Waals surface area contributed by atoms with Gasteiger partial charge in [-0.05, 0) is 82.4 Å². The standard InChI is InChI=1S/C14H12ClN2O.C5H5.3C2H5.Fe.Sn/c1-10(11-4-2-3-5-11)16-17-14(18)12-6-8-13(15)9-7-12;1-2-4-5-3-1;3*1-2;;/h2-9H,1H3,(H,17,18);1-5H;3*1H2,2H3;;/q;;;;;+2;+1/p-1/b16-10-;;;;;;. The molecule has 10 radical (unpaired) electrons. The molecule has 0 saturated heterocycles. The average molecular weight is 586 g/mol. The Morgan fingerprint density at radius 2 is 1.26 bits per heavy atom. The van der Waals surface area contributed by atoms with Crippen molar-refractivity contribution in [3.05, 3.63) is 98.6 Å².